The zero-order valence-corrected chi connectivity index (χ0v) is 33.8. The molecule has 0 aliphatic carbocycles. The number of fused-ring (bicyclic) bond motifs is 3. The number of phenolic OH excluding ortho intramolecular Hbond substituents is 11. The first kappa shape index (κ1) is 46.2. The molecule has 4 aromatic carbocycles. The van der Waals surface area contributed by atoms with E-state index in [9.17, 15) is 105 Å². The van der Waals surface area contributed by atoms with E-state index in [2.05, 4.69) is 0 Å². The predicted molar refractivity (Wildman–Crippen MR) is 207 cm³/mol. The number of ether oxygens (including phenoxy) is 7. The fraction of sp³-hybridized carbons (Fsp3) is 0.244. The maximum absolute atomic E-state index is 14.6. The maximum Gasteiger partial charge on any atom is 0.377 e. The van der Waals surface area contributed by atoms with Gasteiger partial charge in [0.1, 0.15) is 12.7 Å². The Labute approximate surface area is 379 Å². The van der Waals surface area contributed by atoms with Gasteiger partial charge in [-0.25, -0.2) is 24.0 Å². The molecule has 0 saturated carbocycles. The Kier molecular flexibility index (Phi) is 10.9. The molecule has 1 fully saturated rings. The van der Waals surface area contributed by atoms with Crippen molar-refractivity contribution in [3.63, 3.8) is 0 Å². The monoisotopic (exact) mass is 970 g/mol. The number of carbonyl (C=O) groups is 7. The number of benzene rings is 4. The van der Waals surface area contributed by atoms with Gasteiger partial charge in [0.2, 0.25) is 29.6 Å². The molecular weight excluding hydrogens is 940 g/mol. The Morgan fingerprint density at radius 3 is 1.68 bits per heavy atom. The van der Waals surface area contributed by atoms with Gasteiger partial charge in [-0.1, -0.05) is 0 Å². The highest BCUT2D eigenvalue weighted by Crippen LogP contribution is 2.58. The summed E-state index contributed by atoms with van der Waals surface area (Å²) in [5.74, 6) is -38.0. The van der Waals surface area contributed by atoms with Gasteiger partial charge >= 0.3 is 47.6 Å². The minimum atomic E-state index is -3.81. The summed E-state index contributed by atoms with van der Waals surface area (Å²) in [7, 11) is 0. The summed E-state index contributed by atoms with van der Waals surface area (Å²) >= 11 is 0. The van der Waals surface area contributed by atoms with Gasteiger partial charge in [0.25, 0.3) is 0 Å². The van der Waals surface area contributed by atoms with E-state index in [4.69, 9.17) is 33.2 Å². The van der Waals surface area contributed by atoms with Crippen molar-refractivity contribution in [2.24, 2.45) is 5.92 Å². The third kappa shape index (κ3) is 7.30. The Hall–Kier alpha value is -9.31. The average molecular weight is 971 g/mol. The number of aromatic hydroxyl groups is 11. The molecule has 0 unspecified atom stereocenters. The number of carboxylic acids is 2. The molecule has 8 rings (SSSR count). The fourth-order valence-corrected chi connectivity index (χ4v) is 8.17. The van der Waals surface area contributed by atoms with Crippen LogP contribution in [-0.2, 0) is 42.8 Å². The molecule has 0 spiro atoms. The highest BCUT2D eigenvalue weighted by Gasteiger charge is 2.64. The molecule has 1 saturated heterocycles. The van der Waals surface area contributed by atoms with Crippen molar-refractivity contribution in [2.75, 3.05) is 6.61 Å². The van der Waals surface area contributed by atoms with Gasteiger partial charge in [-0.05, 0) is 30.3 Å². The number of aliphatic hydroxyl groups is 1. The SMILES string of the molecule is O=C(O)C[C@@H]1C(=O)O[C@H]2[C@@H]3OC(=O)c4cc(O)c(O)c(O)c4-c4c(cc(O)c(O)c4O)C(=O)OC[C@H]2O[C@@H](OC(=O)c2cc(O)c(O)c(O)c2)[C@@H]3OC(=O)c2cc(O)c(O)c3c2[C@H]1[C@](O)(C(=O)O)O3. The smallest absolute Gasteiger partial charge is 0.377 e. The molecule has 4 aliphatic rings. The van der Waals surface area contributed by atoms with Crippen molar-refractivity contribution in [3.8, 4) is 80.1 Å². The summed E-state index contributed by atoms with van der Waals surface area (Å²) < 4.78 is 38.8. The molecule has 28 nitrogen and oxygen atoms in total. The van der Waals surface area contributed by atoms with Crippen molar-refractivity contribution >= 4 is 41.8 Å². The first-order chi connectivity index (χ1) is 32.4. The van der Waals surface area contributed by atoms with Crippen molar-refractivity contribution in [3.05, 3.63) is 58.1 Å². The van der Waals surface area contributed by atoms with Gasteiger partial charge in [0.15, 0.2) is 64.0 Å². The molecule has 0 radical (unpaired) electrons. The quantitative estimate of drug-likeness (QED) is 0.0704. The Morgan fingerprint density at radius 1 is 0.609 bits per heavy atom. The number of carbonyl (C=O) groups excluding carboxylic acids is 5. The summed E-state index contributed by atoms with van der Waals surface area (Å²) in [4.78, 5) is 96.7. The molecule has 14 N–H and O–H groups in total. The van der Waals surface area contributed by atoms with Crippen LogP contribution in [0, 0.1) is 5.92 Å². The molecule has 4 heterocycles. The molecule has 4 bridgehead atoms. The fourth-order valence-electron chi connectivity index (χ4n) is 8.17. The van der Waals surface area contributed by atoms with E-state index >= 15 is 0 Å². The van der Waals surface area contributed by atoms with Crippen molar-refractivity contribution in [1.29, 1.82) is 0 Å². The summed E-state index contributed by atoms with van der Waals surface area (Å²) in [6.07, 6.45) is -14.2. The lowest BCUT2D eigenvalue weighted by Crippen LogP contribution is -2.63. The number of phenols is 11. The van der Waals surface area contributed by atoms with Crippen LogP contribution in [0.25, 0.3) is 11.1 Å². The van der Waals surface area contributed by atoms with E-state index < -0.39 is 211 Å². The summed E-state index contributed by atoms with van der Waals surface area (Å²) in [5, 5.41) is 148. The molecule has 4 aliphatic heterocycles. The third-order valence-corrected chi connectivity index (χ3v) is 11.3. The zero-order valence-electron chi connectivity index (χ0n) is 33.8. The van der Waals surface area contributed by atoms with Crippen LogP contribution >= 0.6 is 0 Å². The third-order valence-electron chi connectivity index (χ3n) is 11.3. The number of carboxylic acid groups (broad SMARTS) is 2. The van der Waals surface area contributed by atoms with Crippen LogP contribution in [0.1, 0.15) is 59.3 Å². The number of hydrogen-bond acceptors (Lipinski definition) is 26. The zero-order chi connectivity index (χ0) is 50.5. The van der Waals surface area contributed by atoms with Gasteiger partial charge in [-0.15, -0.1) is 0 Å². The van der Waals surface area contributed by atoms with Crippen LogP contribution in [0.3, 0.4) is 0 Å². The lowest BCUT2D eigenvalue weighted by molar-refractivity contribution is -0.287. The molecule has 0 amide bonds. The van der Waals surface area contributed by atoms with Crippen molar-refractivity contribution in [1.82, 2.24) is 0 Å². The van der Waals surface area contributed by atoms with Crippen molar-refractivity contribution < 1.29 is 138 Å². The van der Waals surface area contributed by atoms with Crippen molar-refractivity contribution in [2.45, 2.75) is 48.8 Å². The van der Waals surface area contributed by atoms with Gasteiger partial charge in [-0.2, -0.15) is 0 Å². The minimum Gasteiger partial charge on any atom is -0.504 e. The lowest BCUT2D eigenvalue weighted by Gasteiger charge is -2.44. The van der Waals surface area contributed by atoms with Gasteiger partial charge in [0, 0.05) is 16.7 Å². The number of hydrogen-bond donors (Lipinski definition) is 14. The average Bonchev–Trinajstić information content (AvgIpc) is 3.60. The van der Waals surface area contributed by atoms with Crippen LogP contribution in [-0.4, -0.2) is 156 Å². The normalized spacial score (nSPS) is 24.9. The highest BCUT2D eigenvalue weighted by molar-refractivity contribution is 6.08. The molecule has 69 heavy (non-hydrogen) atoms. The topological polar surface area (TPSA) is 467 Å². The first-order valence-corrected chi connectivity index (χ1v) is 19.3. The second-order valence-corrected chi connectivity index (χ2v) is 15.4. The summed E-state index contributed by atoms with van der Waals surface area (Å²) in [6.45, 7) is -1.36. The van der Waals surface area contributed by atoms with Crippen LogP contribution in [0.2, 0.25) is 0 Å². The van der Waals surface area contributed by atoms with Crippen LogP contribution < -0.4 is 4.74 Å². The number of esters is 5. The summed E-state index contributed by atoms with van der Waals surface area (Å²) in [5.41, 5.74) is -7.49. The Morgan fingerprint density at radius 2 is 1.12 bits per heavy atom. The molecule has 8 atom stereocenters. The van der Waals surface area contributed by atoms with Crippen LogP contribution in [0.4, 0.5) is 0 Å². The minimum absolute atomic E-state index is 0.338. The van der Waals surface area contributed by atoms with E-state index in [1.54, 1.807) is 0 Å². The standard InChI is InChI=1S/C41H30O28/c42-13-1-8(2-14(43)24(13)49)34(55)68-39-33-32-30(65-38(59)12(6-19(47)48)23-22-11(37(58)67-33)5-17(46)27(52)31(22)69-41(23,62)40(60)61)18(64-39)7-63-35(56)9-3-15(44)25(50)28(53)20(9)21-10(36(57)66-32)4-16(45)26(51)29(21)54/h1-5,12,18,23,30,32-33,39,42-46,49-54,62H,6-7H2,(H,47,48)(H,60,61)/t12-,18+,23-,30+,32-,33+,39-,41+/m0/s1. The van der Waals surface area contributed by atoms with E-state index in [1.807, 2.05) is 0 Å². The predicted octanol–water partition coefficient (Wildman–Crippen LogP) is -0.116. The Bertz CT molecular complexity index is 2950. The molecule has 362 valence electrons. The largest absolute Gasteiger partial charge is 0.504 e. The first-order valence-electron chi connectivity index (χ1n) is 19.3. The van der Waals surface area contributed by atoms with Gasteiger partial charge < -0.3 is 105 Å². The highest BCUT2D eigenvalue weighted by atomic mass is 16.7. The molecule has 4 aromatic rings. The molecule has 28 heteroatoms. The Balaban J connectivity index is 1.40. The summed E-state index contributed by atoms with van der Waals surface area (Å²) in [6, 6.07) is 2.20. The van der Waals surface area contributed by atoms with Gasteiger partial charge in [-0.3, -0.25) is 9.59 Å². The maximum atomic E-state index is 14.6. The van der Waals surface area contributed by atoms with Crippen LogP contribution in [0.5, 0.6) is 69.0 Å². The second kappa shape index (κ2) is 16.2. The van der Waals surface area contributed by atoms with Gasteiger partial charge in [0.05, 0.1) is 40.5 Å². The van der Waals surface area contributed by atoms with E-state index in [0.717, 1.165) is 0 Å². The van der Waals surface area contributed by atoms with Crippen LogP contribution in [0.15, 0.2) is 30.3 Å². The molecule has 0 aromatic heterocycles. The van der Waals surface area contributed by atoms with E-state index in [-0.39, 0.29) is 0 Å². The second-order valence-electron chi connectivity index (χ2n) is 15.4. The van der Waals surface area contributed by atoms with E-state index in [0.29, 0.717) is 30.3 Å². The van der Waals surface area contributed by atoms with E-state index in [1.165, 1.54) is 0 Å². The number of cyclic esters (lactones) is 1. The number of aliphatic carboxylic acids is 2. The molecular formula is C41H30O28. The number of rotatable bonds is 5. The lowest BCUT2D eigenvalue weighted by atomic mass is 9.77.